The van der Waals surface area contributed by atoms with Gasteiger partial charge in [-0.1, -0.05) is 36.7 Å². The number of fused-ring (bicyclic) bond motifs is 2. The van der Waals surface area contributed by atoms with Crippen molar-refractivity contribution in [2.75, 3.05) is 19.6 Å². The van der Waals surface area contributed by atoms with Gasteiger partial charge in [-0.25, -0.2) is 5.01 Å². The third-order valence-corrected chi connectivity index (χ3v) is 12.0. The average molecular weight is 637 g/mol. The Hall–Kier alpha value is -0.800. The third-order valence-electron chi connectivity index (χ3n) is 10.7. The zero-order valence-electron chi connectivity index (χ0n) is 25.4. The third kappa shape index (κ3) is 7.65. The molecule has 6 rings (SSSR count). The van der Waals surface area contributed by atoms with Crippen molar-refractivity contribution in [2.24, 2.45) is 17.8 Å². The van der Waals surface area contributed by atoms with Gasteiger partial charge in [-0.3, -0.25) is 20.9 Å². The molecule has 10 heteroatoms. The van der Waals surface area contributed by atoms with E-state index in [0.29, 0.717) is 47.1 Å². The van der Waals surface area contributed by atoms with Crippen LogP contribution in [0, 0.1) is 29.1 Å². The largest absolute Gasteiger partial charge is 0.358 e. The van der Waals surface area contributed by atoms with Gasteiger partial charge >= 0.3 is 0 Å². The lowest BCUT2D eigenvalue weighted by atomic mass is 9.86. The van der Waals surface area contributed by atoms with E-state index in [0.717, 1.165) is 64.1 Å². The zero-order valence-corrected chi connectivity index (χ0v) is 27.0. The summed E-state index contributed by atoms with van der Waals surface area (Å²) in [5, 5.41) is 25.7. The molecule has 0 spiro atoms. The van der Waals surface area contributed by atoms with Crippen LogP contribution >= 0.6 is 15.9 Å². The van der Waals surface area contributed by atoms with E-state index in [1.807, 2.05) is 0 Å². The number of halogens is 1. The number of piperidine rings is 2. The van der Waals surface area contributed by atoms with Gasteiger partial charge in [-0.15, -0.1) is 0 Å². The second kappa shape index (κ2) is 14.8. The Kier molecular flexibility index (Phi) is 11.4. The van der Waals surface area contributed by atoms with E-state index in [9.17, 15) is 4.79 Å². The first-order chi connectivity index (χ1) is 19.9. The lowest BCUT2D eigenvalue weighted by molar-refractivity contribution is -0.126. The van der Waals surface area contributed by atoms with E-state index in [-0.39, 0.29) is 24.0 Å². The molecule has 5 heterocycles. The Bertz CT molecular complexity index is 896. The number of carbonyl (C=O) groups is 1. The molecule has 0 radical (unpaired) electrons. The monoisotopic (exact) mass is 635 g/mol. The predicted octanol–water partition coefficient (Wildman–Crippen LogP) is 3.16. The summed E-state index contributed by atoms with van der Waals surface area (Å²) in [5.74, 6) is 1.77. The van der Waals surface area contributed by atoms with Crippen molar-refractivity contribution in [1.29, 1.82) is 5.26 Å². The van der Waals surface area contributed by atoms with Crippen molar-refractivity contribution in [1.82, 2.24) is 31.7 Å². The highest BCUT2D eigenvalue weighted by atomic mass is 79.9. The molecule has 5 aliphatic heterocycles. The Balaban J connectivity index is 0.000000165. The molecular weight excluding hydrogens is 582 g/mol. The summed E-state index contributed by atoms with van der Waals surface area (Å²) >= 11 is 3.84. The van der Waals surface area contributed by atoms with Crippen molar-refractivity contribution in [3.8, 4) is 6.07 Å². The fourth-order valence-electron chi connectivity index (χ4n) is 8.18. The van der Waals surface area contributed by atoms with E-state index >= 15 is 0 Å². The second-order valence-electron chi connectivity index (χ2n) is 13.5. The van der Waals surface area contributed by atoms with Crippen LogP contribution in [0.2, 0.25) is 0 Å². The molecule has 0 bridgehead atoms. The summed E-state index contributed by atoms with van der Waals surface area (Å²) in [4.78, 5) is 13.1. The lowest BCUT2D eigenvalue weighted by Crippen LogP contribution is -2.61. The molecule has 5 saturated heterocycles. The average Bonchev–Trinajstić information content (AvgIpc) is 3.74. The van der Waals surface area contributed by atoms with Crippen molar-refractivity contribution in [3.63, 3.8) is 0 Å². The number of nitrogens with one attached hydrogen (secondary N) is 5. The van der Waals surface area contributed by atoms with E-state index in [4.69, 9.17) is 10.00 Å². The van der Waals surface area contributed by atoms with Crippen LogP contribution in [-0.2, 0) is 9.53 Å². The normalized spacial score (nSPS) is 44.3. The van der Waals surface area contributed by atoms with Gasteiger partial charge in [-0.05, 0) is 76.5 Å². The summed E-state index contributed by atoms with van der Waals surface area (Å²) in [7, 11) is 0. The molecule has 9 nitrogen and oxygen atoms in total. The van der Waals surface area contributed by atoms with E-state index in [1.54, 1.807) is 0 Å². The quantitative estimate of drug-likeness (QED) is 0.283. The summed E-state index contributed by atoms with van der Waals surface area (Å²) in [6.45, 7) is 9.76. The van der Waals surface area contributed by atoms with Crippen LogP contribution < -0.4 is 26.7 Å². The van der Waals surface area contributed by atoms with Crippen molar-refractivity contribution >= 4 is 21.8 Å². The minimum absolute atomic E-state index is 0.157. The van der Waals surface area contributed by atoms with Gasteiger partial charge in [0.1, 0.15) is 6.10 Å². The maximum atomic E-state index is 12.7. The maximum Gasteiger partial charge on any atom is 0.225 e. The number of hydrogen-bond donors (Lipinski definition) is 5. The molecule has 5 N–H and O–H groups in total. The van der Waals surface area contributed by atoms with Gasteiger partial charge in [0.15, 0.2) is 0 Å². The summed E-state index contributed by atoms with van der Waals surface area (Å²) < 4.78 is 5.76. The first kappa shape index (κ1) is 31.6. The minimum Gasteiger partial charge on any atom is -0.358 e. The SMILES string of the molecule is CC1CCC(NC2NCC3OC(C#N)CC3C2Br)CC1.CCC1CC(C(=O)N[C@H]2CCCN3NCCC23)C(CC)N1. The number of nitriles is 1. The number of nitrogens with zero attached hydrogens (tertiary/aromatic N) is 2. The molecule has 1 aliphatic carbocycles. The highest BCUT2D eigenvalue weighted by molar-refractivity contribution is 9.09. The standard InChI is InChI=1S/C16H30N4O.C15H24BrN3O/c1-3-11-10-12(13(4-2)18-11)16(21)19-14-6-5-9-20-15(14)7-8-17-20;1-9-2-4-10(5-3-9)19-15-14(16)12-6-11(7-17)20-13(12)8-18-15/h11-15,17-18H,3-10H2,1-2H3,(H,19,21);9-15,18-19H,2-6,8H2,1H3/t11?,12?,13?,14-,15?;/m0./s1. The Labute approximate surface area is 256 Å². The Morgan fingerprint density at radius 2 is 1.93 bits per heavy atom. The molecule has 6 aliphatic rings. The van der Waals surface area contributed by atoms with E-state index in [1.165, 1.54) is 32.1 Å². The fourth-order valence-corrected chi connectivity index (χ4v) is 9.07. The van der Waals surface area contributed by atoms with Crippen LogP contribution in [-0.4, -0.2) is 84.0 Å². The first-order valence-corrected chi connectivity index (χ1v) is 17.6. The van der Waals surface area contributed by atoms with Crippen LogP contribution in [0.5, 0.6) is 0 Å². The van der Waals surface area contributed by atoms with Crippen molar-refractivity contribution < 1.29 is 9.53 Å². The number of rotatable bonds is 6. The van der Waals surface area contributed by atoms with E-state index < -0.39 is 0 Å². The molecule has 0 aromatic heterocycles. The molecule has 41 heavy (non-hydrogen) atoms. The van der Waals surface area contributed by atoms with Gasteiger partial charge in [0.05, 0.1) is 24.3 Å². The van der Waals surface area contributed by atoms with E-state index in [2.05, 4.69) is 74.5 Å². The fraction of sp³-hybridized carbons (Fsp3) is 0.935. The predicted molar refractivity (Wildman–Crippen MR) is 165 cm³/mol. The molecule has 9 unspecified atom stereocenters. The van der Waals surface area contributed by atoms with Gasteiger partial charge < -0.3 is 15.4 Å². The molecule has 232 valence electrons. The molecule has 0 aromatic rings. The molecule has 10 atom stereocenters. The molecule has 1 saturated carbocycles. The topological polar surface area (TPSA) is 113 Å². The molecule has 0 aromatic carbocycles. The molecule has 6 fully saturated rings. The van der Waals surface area contributed by atoms with Crippen molar-refractivity contribution in [2.45, 2.75) is 145 Å². The van der Waals surface area contributed by atoms with Crippen LogP contribution in [0.3, 0.4) is 0 Å². The minimum atomic E-state index is -0.221. The Morgan fingerprint density at radius 1 is 1.12 bits per heavy atom. The molecule has 1 amide bonds. The van der Waals surface area contributed by atoms with Crippen LogP contribution in [0.25, 0.3) is 0 Å². The summed E-state index contributed by atoms with van der Waals surface area (Å²) in [5.41, 5.74) is 3.44. The Morgan fingerprint density at radius 3 is 2.66 bits per heavy atom. The highest BCUT2D eigenvalue weighted by Crippen LogP contribution is 2.36. The van der Waals surface area contributed by atoms with Gasteiger partial charge in [0.2, 0.25) is 5.91 Å². The van der Waals surface area contributed by atoms with Gasteiger partial charge in [-0.2, -0.15) is 5.26 Å². The van der Waals surface area contributed by atoms with Crippen LogP contribution in [0.15, 0.2) is 0 Å². The van der Waals surface area contributed by atoms with Gasteiger partial charge in [0.25, 0.3) is 0 Å². The lowest BCUT2D eigenvalue weighted by Gasteiger charge is -2.40. The van der Waals surface area contributed by atoms with Crippen molar-refractivity contribution in [3.05, 3.63) is 0 Å². The number of alkyl halides is 1. The number of hydrazine groups is 1. The molecular formula is C31H54BrN7O2. The first-order valence-electron chi connectivity index (χ1n) is 16.6. The summed E-state index contributed by atoms with van der Waals surface area (Å²) in [6, 6.07) is 4.59. The number of carbonyl (C=O) groups excluding carboxylic acids is 1. The maximum absolute atomic E-state index is 12.7. The smallest absolute Gasteiger partial charge is 0.225 e. The second-order valence-corrected chi connectivity index (χ2v) is 14.5. The number of ether oxygens (including phenoxy) is 1. The van der Waals surface area contributed by atoms with Crippen LogP contribution in [0.1, 0.15) is 91.4 Å². The highest BCUT2D eigenvalue weighted by Gasteiger charge is 2.46. The van der Waals surface area contributed by atoms with Gasteiger partial charge in [0, 0.05) is 60.6 Å². The number of hydrogen-bond acceptors (Lipinski definition) is 8. The number of amides is 1. The summed E-state index contributed by atoms with van der Waals surface area (Å²) in [6.07, 6.45) is 13.0. The zero-order chi connectivity index (χ0) is 28.9. The van der Waals surface area contributed by atoms with Crippen LogP contribution in [0.4, 0.5) is 0 Å².